The Kier molecular flexibility index (Phi) is 7.35. The van der Waals surface area contributed by atoms with E-state index < -0.39 is 0 Å². The molecule has 0 saturated carbocycles. The molecule has 0 spiro atoms. The van der Waals surface area contributed by atoms with E-state index in [4.69, 9.17) is 0 Å². The van der Waals surface area contributed by atoms with Crippen molar-refractivity contribution in [2.75, 3.05) is 24.2 Å². The van der Waals surface area contributed by atoms with Gasteiger partial charge in [0, 0.05) is 27.3 Å². The van der Waals surface area contributed by atoms with E-state index in [1.165, 1.54) is 58.3 Å². The second-order valence-corrected chi connectivity index (χ2v) is 8.45. The van der Waals surface area contributed by atoms with Crippen LogP contribution in [-0.2, 0) is 0 Å². The van der Waals surface area contributed by atoms with E-state index in [9.17, 15) is 0 Å². The Morgan fingerprint density at radius 3 is 2.65 bits per heavy atom. The van der Waals surface area contributed by atoms with Gasteiger partial charge < -0.3 is 10.2 Å². The molecule has 4 rings (SSSR count). The lowest BCUT2D eigenvalue weighted by atomic mass is 10.0. The number of piperidine rings is 1. The van der Waals surface area contributed by atoms with Crippen molar-refractivity contribution in [2.24, 2.45) is 0 Å². The lowest BCUT2D eigenvalue weighted by Crippen LogP contribution is -2.37. The zero-order valence-electron chi connectivity index (χ0n) is 16.1. The van der Waals surface area contributed by atoms with Crippen molar-refractivity contribution in [3.8, 4) is 0 Å². The van der Waals surface area contributed by atoms with Crippen LogP contribution >= 0.6 is 23.5 Å². The van der Waals surface area contributed by atoms with Gasteiger partial charge in [-0.1, -0.05) is 44.2 Å². The largest absolute Gasteiger partial charge is 0.340 e. The van der Waals surface area contributed by atoms with Gasteiger partial charge in [-0.3, -0.25) is 0 Å². The highest BCUT2D eigenvalue weighted by Gasteiger charge is 2.24. The van der Waals surface area contributed by atoms with E-state index in [-0.39, 0.29) is 0 Å². The second-order valence-electron chi connectivity index (χ2n) is 6.49. The standard InChI is InChI=1S/C20H24N2S2.C2H6/c1-23-16-9-10-20-18(14-16)22(13-11-15-6-4-5-12-21-15)17-7-2-3-8-19(17)24-20;1-2/h2-3,7-10,14-15,21H,4-6,11-13H2,1H3;1-2H3. The summed E-state index contributed by atoms with van der Waals surface area (Å²) in [7, 11) is 0. The minimum atomic E-state index is 0.674. The predicted molar refractivity (Wildman–Crippen MR) is 117 cm³/mol. The van der Waals surface area contributed by atoms with Crippen LogP contribution in [0.5, 0.6) is 0 Å². The molecule has 0 radical (unpaired) electrons. The molecule has 4 heteroatoms. The van der Waals surface area contributed by atoms with Crippen LogP contribution in [0.25, 0.3) is 0 Å². The van der Waals surface area contributed by atoms with Crippen LogP contribution in [-0.4, -0.2) is 25.4 Å². The second kappa shape index (κ2) is 9.72. The number of hydrogen-bond acceptors (Lipinski definition) is 4. The van der Waals surface area contributed by atoms with Gasteiger partial charge >= 0.3 is 0 Å². The molecule has 0 bridgehead atoms. The van der Waals surface area contributed by atoms with E-state index in [0.29, 0.717) is 6.04 Å². The van der Waals surface area contributed by atoms with Crippen molar-refractivity contribution in [3.05, 3.63) is 42.5 Å². The molecule has 2 aromatic rings. The normalized spacial score (nSPS) is 18.4. The van der Waals surface area contributed by atoms with Crippen LogP contribution in [0.15, 0.2) is 57.2 Å². The number of nitrogens with one attached hydrogen (secondary N) is 1. The molecule has 0 aromatic heterocycles. The number of para-hydroxylation sites is 1. The highest BCUT2D eigenvalue weighted by Crippen LogP contribution is 2.48. The number of thioether (sulfide) groups is 1. The van der Waals surface area contributed by atoms with Crippen LogP contribution in [0.4, 0.5) is 11.4 Å². The molecular formula is C22H30N2S2. The van der Waals surface area contributed by atoms with Crippen molar-refractivity contribution in [3.63, 3.8) is 0 Å². The molecule has 0 aliphatic carbocycles. The van der Waals surface area contributed by atoms with Crippen LogP contribution < -0.4 is 10.2 Å². The van der Waals surface area contributed by atoms with E-state index >= 15 is 0 Å². The molecule has 1 saturated heterocycles. The minimum absolute atomic E-state index is 0.674. The third-order valence-corrected chi connectivity index (χ3v) is 6.80. The highest BCUT2D eigenvalue weighted by molar-refractivity contribution is 8.00. The summed E-state index contributed by atoms with van der Waals surface area (Å²) in [6.07, 6.45) is 7.39. The van der Waals surface area contributed by atoms with Gasteiger partial charge in [0.15, 0.2) is 0 Å². The topological polar surface area (TPSA) is 15.3 Å². The SMILES string of the molecule is CC.CSc1ccc2c(c1)N(CCC1CCCCN1)c1ccccc1S2. The van der Waals surface area contributed by atoms with Gasteiger partial charge in [-0.2, -0.15) is 0 Å². The maximum absolute atomic E-state index is 3.69. The average molecular weight is 387 g/mol. The van der Waals surface area contributed by atoms with E-state index in [1.54, 1.807) is 0 Å². The van der Waals surface area contributed by atoms with Gasteiger partial charge in [0.05, 0.1) is 11.4 Å². The fourth-order valence-corrected chi connectivity index (χ4v) is 5.14. The molecule has 26 heavy (non-hydrogen) atoms. The lowest BCUT2D eigenvalue weighted by Gasteiger charge is -2.34. The zero-order chi connectivity index (χ0) is 18.4. The van der Waals surface area contributed by atoms with Crippen molar-refractivity contribution in [1.82, 2.24) is 5.32 Å². The lowest BCUT2D eigenvalue weighted by molar-refractivity contribution is 0.385. The van der Waals surface area contributed by atoms with Gasteiger partial charge in [-0.15, -0.1) is 11.8 Å². The number of nitrogens with zero attached hydrogens (tertiary/aromatic N) is 1. The molecule has 1 unspecified atom stereocenters. The Bertz CT molecular complexity index is 711. The van der Waals surface area contributed by atoms with Gasteiger partial charge in [0.1, 0.15) is 0 Å². The molecule has 1 N–H and O–H groups in total. The first-order valence-corrected chi connectivity index (χ1v) is 11.8. The number of fused-ring (bicyclic) bond motifs is 2. The van der Waals surface area contributed by atoms with E-state index in [1.807, 2.05) is 37.4 Å². The summed E-state index contributed by atoms with van der Waals surface area (Å²) >= 11 is 3.72. The van der Waals surface area contributed by atoms with Gasteiger partial charge in [-0.05, 0) is 62.4 Å². The van der Waals surface area contributed by atoms with Crippen LogP contribution in [0, 0.1) is 0 Å². The number of rotatable bonds is 4. The first-order chi connectivity index (χ1) is 12.8. The Morgan fingerprint density at radius 2 is 1.88 bits per heavy atom. The van der Waals surface area contributed by atoms with Gasteiger partial charge in [0.2, 0.25) is 0 Å². The minimum Gasteiger partial charge on any atom is -0.340 e. The summed E-state index contributed by atoms with van der Waals surface area (Å²) in [6, 6.07) is 16.4. The quantitative estimate of drug-likeness (QED) is 0.597. The molecule has 0 amide bonds. The van der Waals surface area contributed by atoms with Crippen LogP contribution in [0.3, 0.4) is 0 Å². The number of benzene rings is 2. The monoisotopic (exact) mass is 386 g/mol. The van der Waals surface area contributed by atoms with Gasteiger partial charge in [-0.25, -0.2) is 0 Å². The summed E-state index contributed by atoms with van der Waals surface area (Å²) in [5.74, 6) is 0. The Morgan fingerprint density at radius 1 is 1.08 bits per heavy atom. The first kappa shape index (κ1) is 19.7. The third-order valence-electron chi connectivity index (χ3n) is 4.95. The van der Waals surface area contributed by atoms with Gasteiger partial charge in [0.25, 0.3) is 0 Å². The fraction of sp³-hybridized carbons (Fsp3) is 0.455. The maximum Gasteiger partial charge on any atom is 0.0564 e. The molecule has 2 nitrogen and oxygen atoms in total. The predicted octanol–water partition coefficient (Wildman–Crippen LogP) is 6.57. The summed E-state index contributed by atoms with van der Waals surface area (Å²) in [5, 5.41) is 3.69. The average Bonchev–Trinajstić information content (AvgIpc) is 2.73. The number of anilines is 2. The Labute approximate surface area is 167 Å². The molecular weight excluding hydrogens is 356 g/mol. The smallest absolute Gasteiger partial charge is 0.0564 e. The highest BCUT2D eigenvalue weighted by atomic mass is 32.2. The van der Waals surface area contributed by atoms with Crippen molar-refractivity contribution >= 4 is 34.9 Å². The van der Waals surface area contributed by atoms with E-state index in [0.717, 1.165) is 6.54 Å². The maximum atomic E-state index is 3.69. The third kappa shape index (κ3) is 4.41. The summed E-state index contributed by atoms with van der Waals surface area (Å²) in [6.45, 7) is 6.27. The van der Waals surface area contributed by atoms with Crippen LogP contribution in [0.1, 0.15) is 39.5 Å². The first-order valence-electron chi connectivity index (χ1n) is 9.81. The summed E-state index contributed by atoms with van der Waals surface area (Å²) < 4.78 is 0. The fourth-order valence-electron chi connectivity index (χ4n) is 3.63. The van der Waals surface area contributed by atoms with E-state index in [2.05, 4.69) is 58.9 Å². The molecule has 2 aliphatic heterocycles. The van der Waals surface area contributed by atoms with Crippen molar-refractivity contribution in [1.29, 1.82) is 0 Å². The molecule has 2 aromatic carbocycles. The molecule has 2 heterocycles. The molecule has 140 valence electrons. The van der Waals surface area contributed by atoms with Crippen molar-refractivity contribution in [2.45, 2.75) is 60.3 Å². The van der Waals surface area contributed by atoms with Crippen LogP contribution in [0.2, 0.25) is 0 Å². The molecule has 2 aliphatic rings. The molecule has 1 atom stereocenters. The molecule has 1 fully saturated rings. The zero-order valence-corrected chi connectivity index (χ0v) is 17.8. The Balaban J connectivity index is 0.000000948. The van der Waals surface area contributed by atoms with Crippen molar-refractivity contribution < 1.29 is 0 Å². The summed E-state index contributed by atoms with van der Waals surface area (Å²) in [5.41, 5.74) is 2.74. The number of hydrogen-bond donors (Lipinski definition) is 1. The Hall–Kier alpha value is -1.10. The summed E-state index contributed by atoms with van der Waals surface area (Å²) in [4.78, 5) is 6.63.